The largest absolute Gasteiger partial charge is 0.396 e. The van der Waals surface area contributed by atoms with Crippen molar-refractivity contribution in [1.29, 1.82) is 0 Å². The molecular weight excluding hydrogens is 482 g/mol. The number of piperazine rings is 1. The Morgan fingerprint density at radius 3 is 2.61 bits per heavy atom. The van der Waals surface area contributed by atoms with E-state index in [1.165, 1.54) is 0 Å². The Labute approximate surface area is 201 Å². The van der Waals surface area contributed by atoms with Crippen molar-refractivity contribution < 1.29 is 14.7 Å². The number of fused-ring (bicyclic) bond motifs is 5. The molecule has 0 saturated carbocycles. The molecule has 2 aromatic carbocycles. The molecule has 2 aliphatic rings. The number of benzene rings is 2. The van der Waals surface area contributed by atoms with Crippen LogP contribution in [-0.2, 0) is 15.1 Å². The lowest BCUT2D eigenvalue weighted by molar-refractivity contribution is -0.166. The number of nitrogens with zero attached hydrogens (tertiary/aromatic N) is 2. The number of hydrogen-bond donors (Lipinski definition) is 2. The van der Waals surface area contributed by atoms with Crippen molar-refractivity contribution in [2.24, 2.45) is 0 Å². The van der Waals surface area contributed by atoms with Gasteiger partial charge in [-0.1, -0.05) is 46.3 Å². The van der Waals surface area contributed by atoms with Crippen LogP contribution in [0.2, 0.25) is 0 Å². The fraction of sp³-hybridized carbons (Fsp3) is 0.385. The second kappa shape index (κ2) is 8.61. The molecule has 0 aliphatic carbocycles. The van der Waals surface area contributed by atoms with E-state index in [1.54, 1.807) is 9.80 Å². The number of H-pyrrole nitrogens is 1. The predicted octanol–water partition coefficient (Wildman–Crippen LogP) is 4.12. The summed E-state index contributed by atoms with van der Waals surface area (Å²) in [4.78, 5) is 34.3. The van der Waals surface area contributed by atoms with E-state index < -0.39 is 5.54 Å². The van der Waals surface area contributed by atoms with Crippen LogP contribution >= 0.6 is 15.9 Å². The first-order valence-corrected chi connectivity index (χ1v) is 12.3. The zero-order chi connectivity index (χ0) is 23.2. The van der Waals surface area contributed by atoms with E-state index in [4.69, 9.17) is 5.11 Å². The smallest absolute Gasteiger partial charge is 0.254 e. The van der Waals surface area contributed by atoms with Crippen LogP contribution in [0.3, 0.4) is 0 Å². The van der Waals surface area contributed by atoms with Crippen LogP contribution in [0.1, 0.15) is 48.9 Å². The summed E-state index contributed by atoms with van der Waals surface area (Å²) in [6, 6.07) is 16.4. The van der Waals surface area contributed by atoms with Crippen molar-refractivity contribution >= 4 is 38.6 Å². The normalized spacial score (nSPS) is 22.6. The molecular formula is C26H28BrN3O3. The minimum Gasteiger partial charge on any atom is -0.396 e. The third-order valence-electron chi connectivity index (χ3n) is 7.18. The molecule has 0 bridgehead atoms. The van der Waals surface area contributed by atoms with Gasteiger partial charge in [0.05, 0.1) is 12.2 Å². The fourth-order valence-electron chi connectivity index (χ4n) is 5.44. The van der Waals surface area contributed by atoms with Crippen LogP contribution in [0.5, 0.6) is 0 Å². The summed E-state index contributed by atoms with van der Waals surface area (Å²) in [7, 11) is 0. The highest BCUT2D eigenvalue weighted by atomic mass is 79.9. The zero-order valence-corrected chi connectivity index (χ0v) is 20.3. The summed E-state index contributed by atoms with van der Waals surface area (Å²) in [5.74, 6) is -0.0796. The molecule has 0 radical (unpaired) electrons. The number of hydrogen-bond acceptors (Lipinski definition) is 3. The number of nitrogens with one attached hydrogen (secondary N) is 1. The molecule has 2 aliphatic heterocycles. The number of aromatic nitrogens is 1. The first kappa shape index (κ1) is 22.2. The predicted molar refractivity (Wildman–Crippen MR) is 131 cm³/mol. The number of aliphatic hydroxyl groups is 1. The lowest BCUT2D eigenvalue weighted by Crippen LogP contribution is -2.67. The molecule has 2 N–H and O–H groups in total. The number of halogens is 1. The van der Waals surface area contributed by atoms with Gasteiger partial charge in [0.2, 0.25) is 5.91 Å². The maximum atomic E-state index is 13.9. The van der Waals surface area contributed by atoms with Crippen LogP contribution in [0.15, 0.2) is 53.0 Å². The van der Waals surface area contributed by atoms with Gasteiger partial charge in [0.1, 0.15) is 0 Å². The summed E-state index contributed by atoms with van der Waals surface area (Å²) >= 11 is 3.52. The minimum atomic E-state index is -1.06. The molecule has 3 heterocycles. The first-order valence-electron chi connectivity index (χ1n) is 11.5. The Morgan fingerprint density at radius 2 is 1.85 bits per heavy atom. The molecule has 33 heavy (non-hydrogen) atoms. The Hall–Kier alpha value is -2.64. The van der Waals surface area contributed by atoms with Gasteiger partial charge in [-0.2, -0.15) is 0 Å². The van der Waals surface area contributed by atoms with Crippen LogP contribution in [-0.4, -0.2) is 57.9 Å². The number of unbranched alkanes of at least 4 members (excludes halogenated alkanes) is 2. The lowest BCUT2D eigenvalue weighted by Gasteiger charge is -2.51. The molecule has 0 spiro atoms. The Morgan fingerprint density at radius 1 is 1.09 bits per heavy atom. The van der Waals surface area contributed by atoms with Crippen LogP contribution in [0, 0.1) is 0 Å². The Kier molecular flexibility index (Phi) is 5.79. The summed E-state index contributed by atoms with van der Waals surface area (Å²) in [6.45, 7) is 3.14. The number of aliphatic hydroxyl groups excluding tert-OH is 1. The molecule has 1 aromatic heterocycles. The molecule has 3 aromatic rings. The average molecular weight is 510 g/mol. The molecule has 2 atom stereocenters. The Balaban J connectivity index is 1.62. The fourth-order valence-corrected chi connectivity index (χ4v) is 5.71. The van der Waals surface area contributed by atoms with Gasteiger partial charge in [-0.3, -0.25) is 9.59 Å². The summed E-state index contributed by atoms with van der Waals surface area (Å²) < 4.78 is 1.01. The van der Waals surface area contributed by atoms with Crippen molar-refractivity contribution in [2.45, 2.75) is 37.6 Å². The number of para-hydroxylation sites is 1. The molecule has 0 unspecified atom stereocenters. The van der Waals surface area contributed by atoms with Gasteiger partial charge in [-0.25, -0.2) is 0 Å². The topological polar surface area (TPSA) is 76.6 Å². The van der Waals surface area contributed by atoms with E-state index in [0.29, 0.717) is 19.5 Å². The quantitative estimate of drug-likeness (QED) is 0.490. The van der Waals surface area contributed by atoms with E-state index >= 15 is 0 Å². The van der Waals surface area contributed by atoms with E-state index in [0.717, 1.165) is 45.0 Å². The molecule has 1 saturated heterocycles. The maximum Gasteiger partial charge on any atom is 0.254 e. The number of carbonyl (C=O) groups is 2. The van der Waals surface area contributed by atoms with Gasteiger partial charge in [0.15, 0.2) is 5.54 Å². The van der Waals surface area contributed by atoms with Gasteiger partial charge in [-0.15, -0.1) is 0 Å². The zero-order valence-electron chi connectivity index (χ0n) is 18.7. The number of rotatable bonds is 6. The van der Waals surface area contributed by atoms with Gasteiger partial charge in [0, 0.05) is 41.0 Å². The molecule has 2 amide bonds. The van der Waals surface area contributed by atoms with E-state index in [2.05, 4.69) is 39.1 Å². The standard InChI is InChI=1S/C26H28BrN3O3/c1-26-24-23(19-7-3-4-8-21(19)28-24)20(17-9-11-18(27)12-10-17)15-30(26)22(32)16-29(25(26)33)13-5-2-6-14-31/h3-4,7-12,20,28,31H,2,5-6,13-16H2,1H3/t20-,26+/m1/s1. The van der Waals surface area contributed by atoms with Gasteiger partial charge in [0.25, 0.3) is 5.91 Å². The highest BCUT2D eigenvalue weighted by molar-refractivity contribution is 9.10. The van der Waals surface area contributed by atoms with Crippen LogP contribution in [0.4, 0.5) is 0 Å². The molecule has 6 nitrogen and oxygen atoms in total. The number of amides is 2. The SMILES string of the molecule is C[C@]12C(=O)N(CCCCCO)CC(=O)N1C[C@H](c1ccc(Br)cc1)c1c2[nH]c2ccccc12. The monoisotopic (exact) mass is 509 g/mol. The van der Waals surface area contributed by atoms with Crippen molar-refractivity contribution in [3.8, 4) is 0 Å². The van der Waals surface area contributed by atoms with Crippen molar-refractivity contribution in [3.63, 3.8) is 0 Å². The van der Waals surface area contributed by atoms with E-state index in [-0.39, 0.29) is 30.9 Å². The average Bonchev–Trinajstić information content (AvgIpc) is 3.21. The van der Waals surface area contributed by atoms with Crippen LogP contribution in [0.25, 0.3) is 10.9 Å². The lowest BCUT2D eigenvalue weighted by atomic mass is 9.76. The summed E-state index contributed by atoms with van der Waals surface area (Å²) in [5.41, 5.74) is 2.97. The summed E-state index contributed by atoms with van der Waals surface area (Å²) in [5, 5.41) is 10.2. The van der Waals surface area contributed by atoms with E-state index in [9.17, 15) is 9.59 Å². The number of aromatic amines is 1. The van der Waals surface area contributed by atoms with Crippen LogP contribution < -0.4 is 0 Å². The highest BCUT2D eigenvalue weighted by Crippen LogP contribution is 2.48. The molecule has 1 fully saturated rings. The van der Waals surface area contributed by atoms with Gasteiger partial charge >= 0.3 is 0 Å². The third-order valence-corrected chi connectivity index (χ3v) is 7.70. The van der Waals surface area contributed by atoms with E-state index in [1.807, 2.05) is 37.3 Å². The van der Waals surface area contributed by atoms with Gasteiger partial charge < -0.3 is 19.9 Å². The summed E-state index contributed by atoms with van der Waals surface area (Å²) in [6.07, 6.45) is 2.31. The minimum absolute atomic E-state index is 0.0225. The third kappa shape index (κ3) is 3.58. The van der Waals surface area contributed by atoms with Crippen molar-refractivity contribution in [2.75, 3.05) is 26.2 Å². The van der Waals surface area contributed by atoms with Crippen molar-refractivity contribution in [1.82, 2.24) is 14.8 Å². The highest BCUT2D eigenvalue weighted by Gasteiger charge is 2.56. The molecule has 172 valence electrons. The second-order valence-electron chi connectivity index (χ2n) is 9.15. The molecule has 5 rings (SSSR count). The van der Waals surface area contributed by atoms with Gasteiger partial charge in [-0.05, 0) is 55.5 Å². The first-order chi connectivity index (χ1) is 15.9. The maximum absolute atomic E-state index is 13.9. The Bertz CT molecular complexity index is 1210. The number of carbonyl (C=O) groups excluding carboxylic acids is 2. The van der Waals surface area contributed by atoms with Crippen molar-refractivity contribution in [3.05, 3.63) is 69.8 Å². The molecule has 7 heteroatoms. The second-order valence-corrected chi connectivity index (χ2v) is 10.1.